The summed E-state index contributed by atoms with van der Waals surface area (Å²) < 4.78 is 15.6. The van der Waals surface area contributed by atoms with E-state index in [1.165, 1.54) is 18.6 Å². The zero-order valence-electron chi connectivity index (χ0n) is 15.8. The lowest BCUT2D eigenvalue weighted by Gasteiger charge is -2.04. The van der Waals surface area contributed by atoms with Gasteiger partial charge in [0.1, 0.15) is 16.9 Å². The minimum Gasteiger partial charge on any atom is -0.397 e. The van der Waals surface area contributed by atoms with Crippen LogP contribution >= 0.6 is 11.3 Å². The quantitative estimate of drug-likeness (QED) is 0.384. The number of thiophene rings is 1. The van der Waals surface area contributed by atoms with E-state index in [1.54, 1.807) is 23.6 Å². The Labute approximate surface area is 178 Å². The van der Waals surface area contributed by atoms with Gasteiger partial charge in [0.15, 0.2) is 17.3 Å². The van der Waals surface area contributed by atoms with Gasteiger partial charge in [0, 0.05) is 29.7 Å². The molecule has 0 aliphatic heterocycles. The van der Waals surface area contributed by atoms with Crippen molar-refractivity contribution >= 4 is 39.1 Å². The largest absolute Gasteiger partial charge is 0.397 e. The third-order valence-electron chi connectivity index (χ3n) is 5.02. The summed E-state index contributed by atoms with van der Waals surface area (Å²) in [6.07, 6.45) is 6.27. The molecule has 6 rings (SSSR count). The van der Waals surface area contributed by atoms with Gasteiger partial charge in [-0.1, -0.05) is 0 Å². The Balaban J connectivity index is 1.56. The highest BCUT2D eigenvalue weighted by Gasteiger charge is 2.21. The van der Waals surface area contributed by atoms with Crippen molar-refractivity contribution in [1.82, 2.24) is 35.1 Å². The van der Waals surface area contributed by atoms with Crippen LogP contribution < -0.4 is 5.73 Å². The highest BCUT2D eigenvalue weighted by atomic mass is 32.1. The molecule has 31 heavy (non-hydrogen) atoms. The molecule has 0 radical (unpaired) electrons. The summed E-state index contributed by atoms with van der Waals surface area (Å²) in [7, 11) is 0. The number of pyridine rings is 3. The molecule has 0 atom stereocenters. The Morgan fingerprint density at radius 1 is 1.03 bits per heavy atom. The van der Waals surface area contributed by atoms with Gasteiger partial charge < -0.3 is 10.7 Å². The molecule has 6 heterocycles. The van der Waals surface area contributed by atoms with Gasteiger partial charge >= 0.3 is 0 Å². The van der Waals surface area contributed by atoms with Crippen LogP contribution in [0, 0.1) is 5.82 Å². The van der Waals surface area contributed by atoms with Crippen LogP contribution in [-0.2, 0) is 0 Å². The topological polar surface area (TPSA) is 122 Å². The molecule has 6 aromatic rings. The number of halogens is 1. The second kappa shape index (κ2) is 6.67. The van der Waals surface area contributed by atoms with Crippen molar-refractivity contribution in [3.8, 4) is 33.9 Å². The summed E-state index contributed by atoms with van der Waals surface area (Å²) in [4.78, 5) is 20.5. The van der Waals surface area contributed by atoms with Gasteiger partial charge in [-0.15, -0.1) is 0 Å². The SMILES string of the molecule is Nc1cncc(-c2ncc3[nH]nc(-c4nc5c(-c6ccsc6)ccnc5[nH]4)c3c2F)c1. The third-order valence-corrected chi connectivity index (χ3v) is 5.70. The number of hydrogen-bond donors (Lipinski definition) is 3. The van der Waals surface area contributed by atoms with E-state index >= 15 is 4.39 Å². The second-order valence-electron chi connectivity index (χ2n) is 6.94. The first-order chi connectivity index (χ1) is 15.2. The predicted octanol–water partition coefficient (Wildman–Crippen LogP) is 4.41. The van der Waals surface area contributed by atoms with Crippen molar-refractivity contribution in [2.24, 2.45) is 0 Å². The fourth-order valence-electron chi connectivity index (χ4n) is 3.61. The lowest BCUT2D eigenvalue weighted by Crippen LogP contribution is -1.94. The van der Waals surface area contributed by atoms with E-state index in [0.29, 0.717) is 39.4 Å². The number of aromatic amines is 2. The van der Waals surface area contributed by atoms with E-state index in [4.69, 9.17) is 10.7 Å². The van der Waals surface area contributed by atoms with Crippen molar-refractivity contribution in [3.63, 3.8) is 0 Å². The smallest absolute Gasteiger partial charge is 0.161 e. The van der Waals surface area contributed by atoms with Crippen LogP contribution in [0.2, 0.25) is 0 Å². The lowest BCUT2D eigenvalue weighted by atomic mass is 10.1. The summed E-state index contributed by atoms with van der Waals surface area (Å²) in [5.41, 5.74) is 11.0. The van der Waals surface area contributed by atoms with Crippen molar-refractivity contribution in [3.05, 3.63) is 59.6 Å². The number of nitrogens with one attached hydrogen (secondary N) is 2. The first-order valence-corrected chi connectivity index (χ1v) is 10.2. The van der Waals surface area contributed by atoms with Crippen LogP contribution in [0.25, 0.3) is 56.0 Å². The van der Waals surface area contributed by atoms with Crippen molar-refractivity contribution in [2.75, 3.05) is 5.73 Å². The average Bonchev–Trinajstić information content (AvgIpc) is 3.52. The summed E-state index contributed by atoms with van der Waals surface area (Å²) in [5, 5.41) is 11.5. The summed E-state index contributed by atoms with van der Waals surface area (Å²) in [6.45, 7) is 0. The standard InChI is InChI=1S/C21H13FN8S/c22-16-15-14(8-26-17(16)11-5-12(23)7-24-6-11)29-30-19(15)21-27-18-13(10-2-4-31-9-10)1-3-25-20(18)28-21/h1-9H,23H2,(H,29,30)(H,25,27,28). The van der Waals surface area contributed by atoms with Crippen LogP contribution in [-0.4, -0.2) is 35.1 Å². The Kier molecular flexibility index (Phi) is 3.80. The van der Waals surface area contributed by atoms with Gasteiger partial charge in [0.2, 0.25) is 0 Å². The summed E-state index contributed by atoms with van der Waals surface area (Å²) >= 11 is 1.61. The van der Waals surface area contributed by atoms with Crippen LogP contribution in [0.3, 0.4) is 0 Å². The zero-order valence-corrected chi connectivity index (χ0v) is 16.6. The van der Waals surface area contributed by atoms with Gasteiger partial charge in [-0.2, -0.15) is 16.4 Å². The van der Waals surface area contributed by atoms with Crippen LogP contribution in [0.4, 0.5) is 10.1 Å². The number of nitrogens with two attached hydrogens (primary N) is 1. The Morgan fingerprint density at radius 2 is 1.97 bits per heavy atom. The van der Waals surface area contributed by atoms with Crippen molar-refractivity contribution in [1.29, 1.82) is 0 Å². The fraction of sp³-hybridized carbons (Fsp3) is 0. The van der Waals surface area contributed by atoms with Gasteiger partial charge in [0.25, 0.3) is 0 Å². The van der Waals surface area contributed by atoms with E-state index in [9.17, 15) is 0 Å². The molecule has 6 aromatic heterocycles. The highest BCUT2D eigenvalue weighted by molar-refractivity contribution is 7.08. The molecule has 10 heteroatoms. The fourth-order valence-corrected chi connectivity index (χ4v) is 4.26. The molecule has 4 N–H and O–H groups in total. The Morgan fingerprint density at radius 3 is 2.81 bits per heavy atom. The molecule has 0 saturated carbocycles. The van der Waals surface area contributed by atoms with Gasteiger partial charge in [-0.3, -0.25) is 15.1 Å². The average molecular weight is 428 g/mol. The number of aromatic nitrogens is 7. The summed E-state index contributed by atoms with van der Waals surface area (Å²) in [5.74, 6) is -0.113. The lowest BCUT2D eigenvalue weighted by molar-refractivity contribution is 0.638. The molecule has 0 spiro atoms. The van der Waals surface area contributed by atoms with Crippen LogP contribution in [0.5, 0.6) is 0 Å². The third kappa shape index (κ3) is 2.76. The van der Waals surface area contributed by atoms with E-state index in [-0.39, 0.29) is 11.1 Å². The molecule has 0 bridgehead atoms. The maximum atomic E-state index is 15.6. The van der Waals surface area contributed by atoms with Crippen LogP contribution in [0.1, 0.15) is 0 Å². The van der Waals surface area contributed by atoms with E-state index in [2.05, 4.69) is 30.1 Å². The second-order valence-corrected chi connectivity index (χ2v) is 7.72. The van der Waals surface area contributed by atoms with Crippen LogP contribution in [0.15, 0.2) is 53.7 Å². The normalized spacial score (nSPS) is 11.5. The monoisotopic (exact) mass is 428 g/mol. The number of fused-ring (bicyclic) bond motifs is 2. The molecule has 0 saturated heterocycles. The van der Waals surface area contributed by atoms with E-state index < -0.39 is 5.82 Å². The highest BCUT2D eigenvalue weighted by Crippen LogP contribution is 2.34. The maximum Gasteiger partial charge on any atom is 0.161 e. The zero-order chi connectivity index (χ0) is 20.9. The molecule has 0 aromatic carbocycles. The molecule has 0 amide bonds. The number of H-pyrrole nitrogens is 2. The van der Waals surface area contributed by atoms with Crippen molar-refractivity contribution < 1.29 is 4.39 Å². The Hall–Kier alpha value is -4.18. The molecule has 0 aliphatic carbocycles. The summed E-state index contributed by atoms with van der Waals surface area (Å²) in [6, 6.07) is 5.56. The molecule has 0 aliphatic rings. The number of nitrogens with zero attached hydrogens (tertiary/aromatic N) is 5. The molecule has 0 unspecified atom stereocenters. The Bertz CT molecular complexity index is 1570. The molecular weight excluding hydrogens is 415 g/mol. The molecule has 150 valence electrons. The number of imidazole rings is 1. The number of nitrogen functional groups attached to an aromatic ring is 1. The van der Waals surface area contributed by atoms with Gasteiger partial charge in [-0.05, 0) is 34.5 Å². The number of hydrogen-bond acceptors (Lipinski definition) is 7. The predicted molar refractivity (Wildman–Crippen MR) is 118 cm³/mol. The van der Waals surface area contributed by atoms with Gasteiger partial charge in [-0.25, -0.2) is 14.4 Å². The molecule has 8 nitrogen and oxygen atoms in total. The minimum atomic E-state index is -0.528. The molecule has 0 fully saturated rings. The van der Waals surface area contributed by atoms with Gasteiger partial charge in [0.05, 0.1) is 22.8 Å². The first-order valence-electron chi connectivity index (χ1n) is 9.30. The molecular formula is C21H13FN8S. The van der Waals surface area contributed by atoms with E-state index in [0.717, 1.165) is 11.1 Å². The minimum absolute atomic E-state index is 0.142. The first kappa shape index (κ1) is 17.7. The number of anilines is 1. The number of rotatable bonds is 3. The maximum absolute atomic E-state index is 15.6. The van der Waals surface area contributed by atoms with E-state index in [1.807, 2.05) is 22.9 Å². The van der Waals surface area contributed by atoms with Crippen molar-refractivity contribution in [2.45, 2.75) is 0 Å².